The van der Waals surface area contributed by atoms with Gasteiger partial charge in [-0.15, -0.1) is 0 Å². The molecule has 0 aliphatic heterocycles. The lowest BCUT2D eigenvalue weighted by molar-refractivity contribution is -0.140. The molecule has 0 aliphatic rings. The van der Waals surface area contributed by atoms with Crippen molar-refractivity contribution in [2.75, 3.05) is 24.0 Å². The molecule has 248 valence electrons. The van der Waals surface area contributed by atoms with Crippen molar-refractivity contribution in [2.45, 2.75) is 51.6 Å². The molecular formula is C37H42BrN3O5S. The van der Waals surface area contributed by atoms with Crippen molar-refractivity contribution < 1.29 is 22.7 Å². The minimum atomic E-state index is -4.25. The maximum absolute atomic E-state index is 14.7. The van der Waals surface area contributed by atoms with Crippen LogP contribution < -0.4 is 14.4 Å². The molecule has 1 atom stereocenters. The monoisotopic (exact) mass is 719 g/mol. The molecule has 0 unspecified atom stereocenters. The number of amides is 2. The molecule has 0 aromatic heterocycles. The molecule has 1 N–H and O–H groups in total. The maximum atomic E-state index is 14.7. The standard InChI is InChI=1S/C37H42BrN3O5S/c1-5-46-35-17-10-9-16-33(35)41(47(44,45)32-20-18-28(4)19-21-32)26-36(42)40(25-30-14-11-15-31(38)22-30)34(37(43)39-24-27(2)3)23-29-12-7-6-8-13-29/h6-22,27,34H,5,23-26H2,1-4H3,(H,39,43)/t34-/m0/s1. The minimum absolute atomic E-state index is 0.0382. The highest BCUT2D eigenvalue weighted by atomic mass is 79.9. The Morgan fingerprint density at radius 2 is 1.53 bits per heavy atom. The number of anilines is 1. The van der Waals surface area contributed by atoms with E-state index in [1.54, 1.807) is 36.4 Å². The zero-order valence-corrected chi connectivity index (χ0v) is 29.6. The number of carbonyl (C=O) groups is 2. The van der Waals surface area contributed by atoms with Gasteiger partial charge in [0, 0.05) is 24.0 Å². The van der Waals surface area contributed by atoms with Crippen molar-refractivity contribution in [3.8, 4) is 5.75 Å². The summed E-state index contributed by atoms with van der Waals surface area (Å²) in [5.74, 6) is -0.329. The van der Waals surface area contributed by atoms with Crippen LogP contribution >= 0.6 is 15.9 Å². The molecule has 10 heteroatoms. The summed E-state index contributed by atoms with van der Waals surface area (Å²) in [4.78, 5) is 30.1. The minimum Gasteiger partial charge on any atom is -0.492 e. The molecule has 4 aromatic carbocycles. The molecule has 0 saturated carbocycles. The Morgan fingerprint density at radius 1 is 0.872 bits per heavy atom. The van der Waals surface area contributed by atoms with Crippen LogP contribution in [-0.4, -0.2) is 50.9 Å². The second kappa shape index (κ2) is 16.6. The fourth-order valence-electron chi connectivity index (χ4n) is 5.10. The van der Waals surface area contributed by atoms with Gasteiger partial charge in [0.1, 0.15) is 18.3 Å². The molecule has 47 heavy (non-hydrogen) atoms. The molecule has 4 aromatic rings. The van der Waals surface area contributed by atoms with Crippen LogP contribution in [0.4, 0.5) is 5.69 Å². The lowest BCUT2D eigenvalue weighted by atomic mass is 10.0. The lowest BCUT2D eigenvalue weighted by Crippen LogP contribution is -2.53. The van der Waals surface area contributed by atoms with Crippen molar-refractivity contribution in [1.82, 2.24) is 10.2 Å². The summed E-state index contributed by atoms with van der Waals surface area (Å²) >= 11 is 3.52. The Kier molecular flexibility index (Phi) is 12.6. The average molecular weight is 721 g/mol. The first kappa shape index (κ1) is 35.7. The number of hydrogen-bond donors (Lipinski definition) is 1. The van der Waals surface area contributed by atoms with Gasteiger partial charge in [0.2, 0.25) is 11.8 Å². The summed E-state index contributed by atoms with van der Waals surface area (Å²) in [7, 11) is -4.25. The summed E-state index contributed by atoms with van der Waals surface area (Å²) in [5, 5.41) is 3.01. The number of para-hydroxylation sites is 2. The number of aryl methyl sites for hydroxylation is 1. The molecule has 2 amide bonds. The van der Waals surface area contributed by atoms with E-state index in [1.165, 1.54) is 17.0 Å². The van der Waals surface area contributed by atoms with E-state index in [2.05, 4.69) is 21.2 Å². The first-order chi connectivity index (χ1) is 22.5. The van der Waals surface area contributed by atoms with Gasteiger partial charge in [-0.3, -0.25) is 13.9 Å². The predicted octanol–water partition coefficient (Wildman–Crippen LogP) is 6.76. The predicted molar refractivity (Wildman–Crippen MR) is 190 cm³/mol. The third kappa shape index (κ3) is 9.68. The Bertz CT molecular complexity index is 1750. The largest absolute Gasteiger partial charge is 0.492 e. The van der Waals surface area contributed by atoms with E-state index in [0.29, 0.717) is 18.9 Å². The quantitative estimate of drug-likeness (QED) is 0.147. The molecular weight excluding hydrogens is 678 g/mol. The summed E-state index contributed by atoms with van der Waals surface area (Å²) in [6, 6.07) is 29.3. The molecule has 4 rings (SSSR count). The molecule has 0 aliphatic carbocycles. The van der Waals surface area contributed by atoms with Crippen LogP contribution in [0.1, 0.15) is 37.5 Å². The lowest BCUT2D eigenvalue weighted by Gasteiger charge is -2.34. The summed E-state index contributed by atoms with van der Waals surface area (Å²) < 4.78 is 36.4. The number of hydrogen-bond acceptors (Lipinski definition) is 5. The van der Waals surface area contributed by atoms with Gasteiger partial charge in [-0.2, -0.15) is 0 Å². The SMILES string of the molecule is CCOc1ccccc1N(CC(=O)N(Cc1cccc(Br)c1)[C@@H](Cc1ccccc1)C(=O)NCC(C)C)S(=O)(=O)c1ccc(C)cc1. The highest BCUT2D eigenvalue weighted by molar-refractivity contribution is 9.10. The number of rotatable bonds is 15. The highest BCUT2D eigenvalue weighted by Gasteiger charge is 2.35. The van der Waals surface area contributed by atoms with Crippen molar-refractivity contribution in [2.24, 2.45) is 5.92 Å². The molecule has 0 radical (unpaired) electrons. The van der Waals surface area contributed by atoms with Crippen molar-refractivity contribution in [3.63, 3.8) is 0 Å². The number of benzene rings is 4. The molecule has 0 bridgehead atoms. The number of carbonyl (C=O) groups excluding carboxylic acids is 2. The third-order valence-corrected chi connectivity index (χ3v) is 9.79. The highest BCUT2D eigenvalue weighted by Crippen LogP contribution is 2.33. The third-order valence-electron chi connectivity index (χ3n) is 7.52. The molecule has 0 saturated heterocycles. The van der Waals surface area contributed by atoms with Gasteiger partial charge in [-0.25, -0.2) is 8.42 Å². The van der Waals surface area contributed by atoms with Crippen LogP contribution in [0.2, 0.25) is 0 Å². The molecule has 8 nitrogen and oxygen atoms in total. The Morgan fingerprint density at radius 3 is 2.19 bits per heavy atom. The van der Waals surface area contributed by atoms with E-state index in [4.69, 9.17) is 4.74 Å². The Balaban J connectivity index is 1.83. The molecule has 0 fully saturated rings. The summed E-state index contributed by atoms with van der Waals surface area (Å²) in [6.45, 7) is 7.93. The zero-order valence-electron chi connectivity index (χ0n) is 27.2. The Hall–Kier alpha value is -4.15. The smallest absolute Gasteiger partial charge is 0.264 e. The number of ether oxygens (including phenoxy) is 1. The van der Waals surface area contributed by atoms with Gasteiger partial charge in [0.25, 0.3) is 10.0 Å². The first-order valence-corrected chi connectivity index (χ1v) is 17.9. The van der Waals surface area contributed by atoms with Gasteiger partial charge in [-0.05, 0) is 67.3 Å². The fourth-order valence-corrected chi connectivity index (χ4v) is 6.97. The first-order valence-electron chi connectivity index (χ1n) is 15.7. The molecule has 0 spiro atoms. The van der Waals surface area contributed by atoms with Gasteiger partial charge < -0.3 is 15.0 Å². The van der Waals surface area contributed by atoms with Crippen molar-refractivity contribution in [1.29, 1.82) is 0 Å². The Labute approximate surface area is 286 Å². The summed E-state index contributed by atoms with van der Waals surface area (Å²) in [5.41, 5.74) is 2.78. The maximum Gasteiger partial charge on any atom is 0.264 e. The second-order valence-electron chi connectivity index (χ2n) is 11.7. The number of nitrogens with zero attached hydrogens (tertiary/aromatic N) is 2. The second-order valence-corrected chi connectivity index (χ2v) is 14.5. The van der Waals surface area contributed by atoms with E-state index < -0.39 is 28.5 Å². The van der Waals surface area contributed by atoms with Crippen molar-refractivity contribution >= 4 is 43.5 Å². The van der Waals surface area contributed by atoms with Crippen LogP contribution in [0.3, 0.4) is 0 Å². The summed E-state index contributed by atoms with van der Waals surface area (Å²) in [6.07, 6.45) is 0.241. The number of nitrogens with one attached hydrogen (secondary N) is 1. The molecule has 0 heterocycles. The van der Waals surface area contributed by atoms with E-state index in [-0.39, 0.29) is 35.4 Å². The van der Waals surface area contributed by atoms with E-state index in [0.717, 1.165) is 25.5 Å². The normalized spacial score (nSPS) is 12.0. The number of halogens is 1. The van der Waals surface area contributed by atoms with E-state index >= 15 is 0 Å². The van der Waals surface area contributed by atoms with Crippen LogP contribution in [0.25, 0.3) is 0 Å². The van der Waals surface area contributed by atoms with E-state index in [1.807, 2.05) is 82.3 Å². The van der Waals surface area contributed by atoms with Crippen LogP contribution in [0.15, 0.2) is 112 Å². The van der Waals surface area contributed by atoms with Gasteiger partial charge >= 0.3 is 0 Å². The van der Waals surface area contributed by atoms with Gasteiger partial charge in [0.15, 0.2) is 0 Å². The van der Waals surface area contributed by atoms with Crippen molar-refractivity contribution in [3.05, 3.63) is 124 Å². The number of sulfonamides is 1. The van der Waals surface area contributed by atoms with Crippen LogP contribution in [0.5, 0.6) is 5.75 Å². The van der Waals surface area contributed by atoms with E-state index in [9.17, 15) is 18.0 Å². The topological polar surface area (TPSA) is 96.0 Å². The van der Waals surface area contributed by atoms with Gasteiger partial charge in [-0.1, -0.05) is 102 Å². The van der Waals surface area contributed by atoms with Gasteiger partial charge in [0.05, 0.1) is 17.2 Å². The zero-order chi connectivity index (χ0) is 34.0. The van der Waals surface area contributed by atoms with Crippen LogP contribution in [0, 0.1) is 12.8 Å². The fraction of sp³-hybridized carbons (Fsp3) is 0.297. The van der Waals surface area contributed by atoms with Crippen LogP contribution in [-0.2, 0) is 32.6 Å². The average Bonchev–Trinajstić information content (AvgIpc) is 3.05.